The number of hydrogen-bond donors (Lipinski definition) is 3. The molecule has 4 N–H and O–H groups in total. The van der Waals surface area contributed by atoms with Crippen molar-refractivity contribution in [3.8, 4) is 0 Å². The van der Waals surface area contributed by atoms with Crippen LogP contribution < -0.4 is 22.3 Å². The number of carbonyl (C=O) groups excluding carboxylic acids is 2. The molecule has 0 atom stereocenters. The molecular weight excluding hydrogens is 302 g/mol. The SMILES string of the molecule is NC(=O)N1CC(NC(=O)Cn2c(=O)[nH]c3ccccc3c2=O)C1. The summed E-state index contributed by atoms with van der Waals surface area (Å²) in [7, 11) is 0. The van der Waals surface area contributed by atoms with E-state index >= 15 is 0 Å². The third-order valence-corrected chi connectivity index (χ3v) is 3.75. The van der Waals surface area contributed by atoms with Gasteiger partial charge in [-0.15, -0.1) is 0 Å². The van der Waals surface area contributed by atoms with Crippen molar-refractivity contribution in [1.29, 1.82) is 0 Å². The molecule has 3 amide bonds. The van der Waals surface area contributed by atoms with Gasteiger partial charge in [-0.25, -0.2) is 9.59 Å². The first-order valence-corrected chi connectivity index (χ1v) is 7.01. The molecule has 1 aromatic carbocycles. The monoisotopic (exact) mass is 317 g/mol. The van der Waals surface area contributed by atoms with E-state index in [9.17, 15) is 19.2 Å². The fourth-order valence-corrected chi connectivity index (χ4v) is 2.51. The first kappa shape index (κ1) is 14.8. The first-order valence-electron chi connectivity index (χ1n) is 7.01. The largest absolute Gasteiger partial charge is 0.351 e. The van der Waals surface area contributed by atoms with E-state index in [-0.39, 0.29) is 12.6 Å². The van der Waals surface area contributed by atoms with Crippen LogP contribution in [-0.2, 0) is 11.3 Å². The minimum Gasteiger partial charge on any atom is -0.351 e. The van der Waals surface area contributed by atoms with Crippen molar-refractivity contribution in [1.82, 2.24) is 19.8 Å². The van der Waals surface area contributed by atoms with Crippen molar-refractivity contribution in [3.63, 3.8) is 0 Å². The number of H-pyrrole nitrogens is 1. The topological polar surface area (TPSA) is 130 Å². The van der Waals surface area contributed by atoms with Crippen LogP contribution >= 0.6 is 0 Å². The van der Waals surface area contributed by atoms with Crippen LogP contribution in [0.1, 0.15) is 0 Å². The predicted molar refractivity (Wildman–Crippen MR) is 81.9 cm³/mol. The molecular formula is C14H15N5O4. The molecule has 9 heteroatoms. The quantitative estimate of drug-likeness (QED) is 0.640. The number of rotatable bonds is 3. The summed E-state index contributed by atoms with van der Waals surface area (Å²) in [6.45, 7) is 0.264. The maximum Gasteiger partial charge on any atom is 0.329 e. The van der Waals surface area contributed by atoms with Gasteiger partial charge in [0.15, 0.2) is 0 Å². The lowest BCUT2D eigenvalue weighted by atomic mass is 10.1. The molecule has 2 aromatic rings. The Morgan fingerprint density at radius 3 is 2.65 bits per heavy atom. The number of nitrogens with one attached hydrogen (secondary N) is 2. The number of fused-ring (bicyclic) bond motifs is 1. The van der Waals surface area contributed by atoms with Gasteiger partial charge in [0, 0.05) is 13.1 Å². The zero-order valence-electron chi connectivity index (χ0n) is 12.1. The average Bonchev–Trinajstić information content (AvgIpc) is 2.46. The minimum atomic E-state index is -0.642. The molecule has 0 radical (unpaired) electrons. The lowest BCUT2D eigenvalue weighted by Crippen LogP contribution is -2.62. The maximum atomic E-state index is 12.3. The Kier molecular flexibility index (Phi) is 3.61. The molecule has 1 fully saturated rings. The summed E-state index contributed by atoms with van der Waals surface area (Å²) in [5, 5.41) is 2.99. The Morgan fingerprint density at radius 2 is 1.96 bits per heavy atom. The lowest BCUT2D eigenvalue weighted by molar-refractivity contribution is -0.123. The Labute approximate surface area is 129 Å². The van der Waals surface area contributed by atoms with Crippen LogP contribution in [0.15, 0.2) is 33.9 Å². The predicted octanol–water partition coefficient (Wildman–Crippen LogP) is -1.43. The third kappa shape index (κ3) is 2.80. The molecule has 0 saturated carbocycles. The van der Waals surface area contributed by atoms with E-state index in [2.05, 4.69) is 10.3 Å². The summed E-state index contributed by atoms with van der Waals surface area (Å²) in [5.41, 5.74) is 4.35. The van der Waals surface area contributed by atoms with Gasteiger partial charge in [-0.3, -0.25) is 14.2 Å². The highest BCUT2D eigenvalue weighted by Crippen LogP contribution is 2.06. The summed E-state index contributed by atoms with van der Waals surface area (Å²) in [4.78, 5) is 51.0. The number of nitrogens with two attached hydrogens (primary N) is 1. The zero-order chi connectivity index (χ0) is 16.6. The maximum absolute atomic E-state index is 12.3. The zero-order valence-corrected chi connectivity index (χ0v) is 12.1. The molecule has 0 unspecified atom stereocenters. The van der Waals surface area contributed by atoms with Gasteiger partial charge in [-0.05, 0) is 12.1 Å². The summed E-state index contributed by atoms with van der Waals surface area (Å²) >= 11 is 0. The molecule has 0 spiro atoms. The van der Waals surface area contributed by atoms with E-state index in [1.165, 1.54) is 4.90 Å². The van der Waals surface area contributed by atoms with Gasteiger partial charge in [0.2, 0.25) is 5.91 Å². The highest BCUT2D eigenvalue weighted by molar-refractivity contribution is 5.79. The number of primary amides is 1. The van der Waals surface area contributed by atoms with Crippen molar-refractivity contribution < 1.29 is 9.59 Å². The van der Waals surface area contributed by atoms with Gasteiger partial charge in [0.05, 0.1) is 16.9 Å². The van der Waals surface area contributed by atoms with Crippen LogP contribution in [0.25, 0.3) is 10.9 Å². The number of nitrogens with zero attached hydrogens (tertiary/aromatic N) is 2. The first-order chi connectivity index (χ1) is 11.0. The number of benzene rings is 1. The molecule has 0 bridgehead atoms. The Balaban J connectivity index is 1.74. The van der Waals surface area contributed by atoms with Crippen LogP contribution in [0.4, 0.5) is 4.79 Å². The summed E-state index contributed by atoms with van der Waals surface area (Å²) in [6.07, 6.45) is 0. The van der Waals surface area contributed by atoms with E-state index in [0.29, 0.717) is 24.0 Å². The second kappa shape index (κ2) is 5.59. The molecule has 1 saturated heterocycles. The van der Waals surface area contributed by atoms with E-state index in [1.54, 1.807) is 24.3 Å². The molecule has 23 heavy (non-hydrogen) atoms. The molecule has 1 aliphatic heterocycles. The number of amides is 3. The summed E-state index contributed by atoms with van der Waals surface area (Å²) < 4.78 is 0.849. The summed E-state index contributed by atoms with van der Waals surface area (Å²) in [6, 6.07) is 5.83. The van der Waals surface area contributed by atoms with Crippen molar-refractivity contribution in [2.45, 2.75) is 12.6 Å². The standard InChI is InChI=1S/C14H15N5O4/c15-13(22)18-5-8(6-18)16-11(20)7-19-12(21)9-3-1-2-4-10(9)17-14(19)23/h1-4,8H,5-7H2,(H2,15,22)(H,16,20)(H,17,23). The van der Waals surface area contributed by atoms with Crippen molar-refractivity contribution >= 4 is 22.8 Å². The normalized spacial score (nSPS) is 14.5. The molecule has 9 nitrogen and oxygen atoms in total. The smallest absolute Gasteiger partial charge is 0.329 e. The van der Waals surface area contributed by atoms with E-state index < -0.39 is 23.2 Å². The number of aromatic amines is 1. The molecule has 2 heterocycles. The number of hydrogen-bond acceptors (Lipinski definition) is 4. The molecule has 3 rings (SSSR count). The van der Waals surface area contributed by atoms with Gasteiger partial charge >= 0.3 is 11.7 Å². The Morgan fingerprint density at radius 1 is 1.26 bits per heavy atom. The average molecular weight is 317 g/mol. The van der Waals surface area contributed by atoms with Crippen LogP contribution in [-0.4, -0.2) is 45.5 Å². The lowest BCUT2D eigenvalue weighted by Gasteiger charge is -2.38. The van der Waals surface area contributed by atoms with Gasteiger partial charge in [0.1, 0.15) is 6.54 Å². The fourth-order valence-electron chi connectivity index (χ4n) is 2.51. The number of para-hydroxylation sites is 1. The van der Waals surface area contributed by atoms with Crippen LogP contribution in [0, 0.1) is 0 Å². The van der Waals surface area contributed by atoms with Crippen LogP contribution in [0.5, 0.6) is 0 Å². The van der Waals surface area contributed by atoms with Gasteiger partial charge in [-0.1, -0.05) is 12.1 Å². The second-order valence-corrected chi connectivity index (χ2v) is 5.37. The van der Waals surface area contributed by atoms with Crippen molar-refractivity contribution in [2.24, 2.45) is 5.73 Å². The highest BCUT2D eigenvalue weighted by Gasteiger charge is 2.30. The Hall–Kier alpha value is -3.10. The number of urea groups is 1. The van der Waals surface area contributed by atoms with Crippen molar-refractivity contribution in [2.75, 3.05) is 13.1 Å². The number of carbonyl (C=O) groups is 2. The minimum absolute atomic E-state index is 0.217. The number of aromatic nitrogens is 2. The van der Waals surface area contributed by atoms with E-state index in [4.69, 9.17) is 5.73 Å². The fraction of sp³-hybridized carbons (Fsp3) is 0.286. The van der Waals surface area contributed by atoms with Gasteiger partial charge in [-0.2, -0.15) is 0 Å². The Bertz CT molecular complexity index is 894. The van der Waals surface area contributed by atoms with Crippen molar-refractivity contribution in [3.05, 3.63) is 45.1 Å². The highest BCUT2D eigenvalue weighted by atomic mass is 16.2. The molecule has 1 aliphatic rings. The van der Waals surface area contributed by atoms with Crippen LogP contribution in [0.3, 0.4) is 0 Å². The van der Waals surface area contributed by atoms with Crippen LogP contribution in [0.2, 0.25) is 0 Å². The second-order valence-electron chi connectivity index (χ2n) is 5.37. The molecule has 0 aliphatic carbocycles. The number of likely N-dealkylation sites (tertiary alicyclic amines) is 1. The van der Waals surface area contributed by atoms with Gasteiger partial charge in [0.25, 0.3) is 5.56 Å². The van der Waals surface area contributed by atoms with E-state index in [0.717, 1.165) is 4.57 Å². The molecule has 120 valence electrons. The molecule has 1 aromatic heterocycles. The van der Waals surface area contributed by atoms with E-state index in [1.807, 2.05) is 0 Å². The van der Waals surface area contributed by atoms with Gasteiger partial charge < -0.3 is 20.9 Å². The third-order valence-electron chi connectivity index (χ3n) is 3.75. The summed E-state index contributed by atoms with van der Waals surface area (Å²) in [5.74, 6) is -0.470.